The average Bonchev–Trinajstić information content (AvgIpc) is 2.55. The number of hydrogen-bond donors (Lipinski definition) is 1. The van der Waals surface area contributed by atoms with E-state index in [1.165, 1.54) is 0 Å². The molecule has 1 heterocycles. The first-order valence-electron chi connectivity index (χ1n) is 6.43. The molecule has 0 fully saturated rings. The second-order valence-electron chi connectivity index (χ2n) is 4.52. The average molecular weight is 273 g/mol. The summed E-state index contributed by atoms with van der Waals surface area (Å²) < 4.78 is 0. The Balaban J connectivity index is 1.92. The second-order valence-corrected chi connectivity index (χ2v) is 4.52. The van der Waals surface area contributed by atoms with E-state index in [4.69, 9.17) is 5.26 Å². The summed E-state index contributed by atoms with van der Waals surface area (Å²) in [7, 11) is 0. The lowest BCUT2D eigenvalue weighted by Gasteiger charge is -2.07. The fraction of sp³-hybridized carbons (Fsp3) is 0. The summed E-state index contributed by atoms with van der Waals surface area (Å²) in [5.74, 6) is -0.196. The van der Waals surface area contributed by atoms with Crippen LogP contribution in [0.5, 0.6) is 0 Å². The highest BCUT2D eigenvalue weighted by molar-refractivity contribution is 6.12. The lowest BCUT2D eigenvalue weighted by molar-refractivity contribution is 0.102. The first-order valence-corrected chi connectivity index (χ1v) is 6.43. The Bertz CT molecular complexity index is 843. The number of pyridine rings is 1. The van der Waals surface area contributed by atoms with Crippen molar-refractivity contribution >= 4 is 22.5 Å². The minimum Gasteiger partial charge on any atom is -0.322 e. The molecule has 3 rings (SSSR count). The highest BCUT2D eigenvalue weighted by atomic mass is 16.1. The van der Waals surface area contributed by atoms with E-state index in [1.54, 1.807) is 36.5 Å². The predicted molar refractivity (Wildman–Crippen MR) is 80.9 cm³/mol. The van der Waals surface area contributed by atoms with Gasteiger partial charge in [0.05, 0.1) is 22.7 Å². The van der Waals surface area contributed by atoms with Gasteiger partial charge in [-0.15, -0.1) is 0 Å². The Morgan fingerprint density at radius 3 is 2.57 bits per heavy atom. The summed E-state index contributed by atoms with van der Waals surface area (Å²) in [5, 5.41) is 12.4. The van der Waals surface area contributed by atoms with Gasteiger partial charge in [-0.2, -0.15) is 5.26 Å². The zero-order chi connectivity index (χ0) is 14.7. The van der Waals surface area contributed by atoms with Crippen molar-refractivity contribution in [2.24, 2.45) is 0 Å². The topological polar surface area (TPSA) is 65.8 Å². The maximum atomic E-state index is 12.4. The fourth-order valence-corrected chi connectivity index (χ4v) is 2.12. The van der Waals surface area contributed by atoms with Crippen molar-refractivity contribution in [2.75, 3.05) is 5.32 Å². The third-order valence-corrected chi connectivity index (χ3v) is 3.17. The molecule has 1 N–H and O–H groups in total. The third-order valence-electron chi connectivity index (χ3n) is 3.17. The number of para-hydroxylation sites is 1. The number of carbonyl (C=O) groups is 1. The first kappa shape index (κ1) is 12.8. The van der Waals surface area contributed by atoms with Gasteiger partial charge in [-0.25, -0.2) is 0 Å². The summed E-state index contributed by atoms with van der Waals surface area (Å²) >= 11 is 0. The van der Waals surface area contributed by atoms with E-state index in [9.17, 15) is 4.79 Å². The van der Waals surface area contributed by atoms with Crippen LogP contribution in [0.2, 0.25) is 0 Å². The first-order chi connectivity index (χ1) is 10.3. The quantitative estimate of drug-likeness (QED) is 0.778. The van der Waals surface area contributed by atoms with Gasteiger partial charge in [0.25, 0.3) is 5.91 Å². The van der Waals surface area contributed by atoms with E-state index in [0.29, 0.717) is 16.8 Å². The van der Waals surface area contributed by atoms with Gasteiger partial charge >= 0.3 is 0 Å². The van der Waals surface area contributed by atoms with E-state index in [0.717, 1.165) is 10.9 Å². The highest BCUT2D eigenvalue weighted by Crippen LogP contribution is 2.18. The van der Waals surface area contributed by atoms with Crippen LogP contribution in [0.4, 0.5) is 5.69 Å². The van der Waals surface area contributed by atoms with Crippen molar-refractivity contribution in [3.63, 3.8) is 0 Å². The molecule has 0 saturated heterocycles. The molecule has 1 aromatic heterocycles. The summed E-state index contributed by atoms with van der Waals surface area (Å²) in [6, 6.07) is 18.0. The molecule has 2 aromatic carbocycles. The number of benzene rings is 2. The van der Waals surface area contributed by atoms with Crippen molar-refractivity contribution in [1.82, 2.24) is 4.98 Å². The summed E-state index contributed by atoms with van der Waals surface area (Å²) in [6.45, 7) is 0. The van der Waals surface area contributed by atoms with Crippen molar-refractivity contribution in [3.8, 4) is 6.07 Å². The Morgan fingerprint density at radius 1 is 1.05 bits per heavy atom. The summed E-state index contributed by atoms with van der Waals surface area (Å²) in [4.78, 5) is 16.6. The molecule has 0 unspecified atom stereocenters. The number of nitriles is 1. The van der Waals surface area contributed by atoms with E-state index in [-0.39, 0.29) is 5.91 Å². The largest absolute Gasteiger partial charge is 0.322 e. The SMILES string of the molecule is N#Cc1ccc(NC(=O)c2ccnc3ccccc23)cc1. The van der Waals surface area contributed by atoms with E-state index in [1.807, 2.05) is 30.3 Å². The number of nitrogens with zero attached hydrogens (tertiary/aromatic N) is 2. The third kappa shape index (κ3) is 2.58. The molecule has 3 aromatic rings. The number of amides is 1. The lowest BCUT2D eigenvalue weighted by atomic mass is 10.1. The zero-order valence-corrected chi connectivity index (χ0v) is 11.1. The van der Waals surface area contributed by atoms with Crippen LogP contribution >= 0.6 is 0 Å². The van der Waals surface area contributed by atoms with Gasteiger partial charge < -0.3 is 5.32 Å². The fourth-order valence-electron chi connectivity index (χ4n) is 2.12. The number of nitrogens with one attached hydrogen (secondary N) is 1. The van der Waals surface area contributed by atoms with Gasteiger partial charge in [-0.3, -0.25) is 9.78 Å². The predicted octanol–water partition coefficient (Wildman–Crippen LogP) is 3.36. The van der Waals surface area contributed by atoms with E-state index >= 15 is 0 Å². The molecule has 0 radical (unpaired) electrons. The standard InChI is InChI=1S/C17H11N3O/c18-11-12-5-7-13(8-6-12)20-17(21)15-9-10-19-16-4-2-1-3-14(15)16/h1-10H,(H,20,21). The Morgan fingerprint density at radius 2 is 1.81 bits per heavy atom. The van der Waals surface area contributed by atoms with Crippen LogP contribution in [0.25, 0.3) is 10.9 Å². The van der Waals surface area contributed by atoms with Crippen LogP contribution in [0, 0.1) is 11.3 Å². The maximum Gasteiger partial charge on any atom is 0.256 e. The molecule has 4 nitrogen and oxygen atoms in total. The molecule has 4 heteroatoms. The normalized spacial score (nSPS) is 10.0. The molecule has 0 spiro atoms. The maximum absolute atomic E-state index is 12.4. The summed E-state index contributed by atoms with van der Waals surface area (Å²) in [6.07, 6.45) is 1.62. The minimum absolute atomic E-state index is 0.196. The number of fused-ring (bicyclic) bond motifs is 1. The molecule has 0 aliphatic heterocycles. The number of rotatable bonds is 2. The molecule has 21 heavy (non-hydrogen) atoms. The Kier molecular flexibility index (Phi) is 3.32. The van der Waals surface area contributed by atoms with Crippen LogP contribution in [-0.4, -0.2) is 10.9 Å². The van der Waals surface area contributed by atoms with Crippen molar-refractivity contribution in [1.29, 1.82) is 5.26 Å². The molecule has 0 atom stereocenters. The monoisotopic (exact) mass is 273 g/mol. The highest BCUT2D eigenvalue weighted by Gasteiger charge is 2.10. The number of aromatic nitrogens is 1. The van der Waals surface area contributed by atoms with Crippen LogP contribution < -0.4 is 5.32 Å². The zero-order valence-electron chi connectivity index (χ0n) is 11.1. The number of hydrogen-bond acceptors (Lipinski definition) is 3. The Hall–Kier alpha value is -3.19. The van der Waals surface area contributed by atoms with Crippen molar-refractivity contribution in [3.05, 3.63) is 71.9 Å². The molecular weight excluding hydrogens is 262 g/mol. The molecular formula is C17H11N3O. The van der Waals surface area contributed by atoms with Gasteiger partial charge in [0, 0.05) is 17.3 Å². The van der Waals surface area contributed by atoms with Crippen LogP contribution in [0.15, 0.2) is 60.8 Å². The van der Waals surface area contributed by atoms with Gasteiger partial charge in [0.2, 0.25) is 0 Å². The molecule has 1 amide bonds. The second kappa shape index (κ2) is 5.43. The van der Waals surface area contributed by atoms with Gasteiger partial charge in [0.1, 0.15) is 0 Å². The smallest absolute Gasteiger partial charge is 0.256 e. The minimum atomic E-state index is -0.196. The molecule has 0 aliphatic rings. The van der Waals surface area contributed by atoms with Gasteiger partial charge in [0.15, 0.2) is 0 Å². The van der Waals surface area contributed by atoms with Crippen LogP contribution in [0.1, 0.15) is 15.9 Å². The van der Waals surface area contributed by atoms with Gasteiger partial charge in [-0.1, -0.05) is 18.2 Å². The lowest BCUT2D eigenvalue weighted by Crippen LogP contribution is -2.12. The van der Waals surface area contributed by atoms with Crippen LogP contribution in [0.3, 0.4) is 0 Å². The molecule has 0 aliphatic carbocycles. The van der Waals surface area contributed by atoms with E-state index < -0.39 is 0 Å². The van der Waals surface area contributed by atoms with Crippen LogP contribution in [-0.2, 0) is 0 Å². The number of anilines is 1. The molecule has 0 saturated carbocycles. The van der Waals surface area contributed by atoms with Crippen molar-refractivity contribution < 1.29 is 4.79 Å². The number of carbonyl (C=O) groups excluding carboxylic acids is 1. The van der Waals surface area contributed by atoms with E-state index in [2.05, 4.69) is 10.3 Å². The van der Waals surface area contributed by atoms with Crippen molar-refractivity contribution in [2.45, 2.75) is 0 Å². The Labute approximate surface area is 121 Å². The molecule has 100 valence electrons. The summed E-state index contributed by atoms with van der Waals surface area (Å²) in [5.41, 5.74) is 2.57. The van der Waals surface area contributed by atoms with Gasteiger partial charge in [-0.05, 0) is 36.4 Å². The molecule has 0 bridgehead atoms.